The monoisotopic (exact) mass is 105 g/mol. The Hall–Kier alpha value is -0.0800. The van der Waals surface area contributed by atoms with Gasteiger partial charge in [0.15, 0.2) is 0 Å². The van der Waals surface area contributed by atoms with Crippen LogP contribution in [-0.2, 0) is 0 Å². The Morgan fingerprint density at radius 2 is 1.57 bits per heavy atom. The van der Waals surface area contributed by atoms with Crippen molar-refractivity contribution in [3.8, 4) is 0 Å². The molecule has 2 heteroatoms. The average molecular weight is 105 g/mol. The first-order valence-electron chi connectivity index (χ1n) is 2.49. The van der Waals surface area contributed by atoms with E-state index >= 15 is 0 Å². The van der Waals surface area contributed by atoms with Gasteiger partial charge >= 0.3 is 0 Å². The molecule has 0 radical (unpaired) electrons. The molecule has 0 spiro atoms. The summed E-state index contributed by atoms with van der Waals surface area (Å²) in [7, 11) is 0. The number of aliphatic hydroxyl groups is 1. The molecule has 0 amide bonds. The van der Waals surface area contributed by atoms with Gasteiger partial charge in [0.1, 0.15) is 0 Å². The molecule has 0 atom stereocenters. The van der Waals surface area contributed by atoms with Crippen molar-refractivity contribution in [2.24, 2.45) is 0 Å². The smallest absolute Gasteiger partial charge is 0.0535 e. The van der Waals surface area contributed by atoms with Gasteiger partial charge in [-0.05, 0) is 12.8 Å². The molecule has 0 aliphatic carbocycles. The highest BCUT2D eigenvalue weighted by atomic mass is 16.3. The van der Waals surface area contributed by atoms with Crippen molar-refractivity contribution < 1.29 is 5.11 Å². The molecule has 0 saturated heterocycles. The molecule has 0 aliphatic heterocycles. The predicted molar refractivity (Wildman–Crippen MR) is 31.6 cm³/mol. The molecule has 0 aromatic carbocycles. The van der Waals surface area contributed by atoms with Crippen LogP contribution in [0.25, 0.3) is 0 Å². The van der Waals surface area contributed by atoms with Crippen LogP contribution in [0, 0.1) is 0 Å². The molecule has 4 N–H and O–H groups in total. The van der Waals surface area contributed by atoms with Gasteiger partial charge in [0.05, 0.1) is 6.10 Å². The van der Waals surface area contributed by atoms with E-state index in [-0.39, 0.29) is 12.3 Å². The Labute approximate surface area is 45.1 Å². The van der Waals surface area contributed by atoms with E-state index in [1.54, 1.807) is 0 Å². The second-order valence-electron chi connectivity index (χ2n) is 1.47. The molecule has 0 fully saturated rings. The second kappa shape index (κ2) is 5.92. The van der Waals surface area contributed by atoms with Gasteiger partial charge in [-0.15, -0.1) is 0 Å². The molecule has 0 rings (SSSR count). The Morgan fingerprint density at radius 3 is 1.57 bits per heavy atom. The van der Waals surface area contributed by atoms with Gasteiger partial charge in [-0.25, -0.2) is 0 Å². The third-order valence-electron chi connectivity index (χ3n) is 0.942. The maximum absolute atomic E-state index is 8.67. The number of hydrogen-bond acceptors (Lipinski definition) is 2. The summed E-state index contributed by atoms with van der Waals surface area (Å²) in [5.41, 5.74) is 0. The molecule has 7 heavy (non-hydrogen) atoms. The number of rotatable bonds is 2. The SMILES string of the molecule is CCC(O)CC.N. The van der Waals surface area contributed by atoms with Crippen LogP contribution >= 0.6 is 0 Å². The first-order valence-corrected chi connectivity index (χ1v) is 2.49. The summed E-state index contributed by atoms with van der Waals surface area (Å²) in [6.07, 6.45) is 1.71. The lowest BCUT2D eigenvalue weighted by Gasteiger charge is -1.98. The summed E-state index contributed by atoms with van der Waals surface area (Å²) in [4.78, 5) is 0. The Bertz CT molecular complexity index is 27.3. The van der Waals surface area contributed by atoms with Gasteiger partial charge in [-0.2, -0.15) is 0 Å². The topological polar surface area (TPSA) is 55.2 Å². The first kappa shape index (κ1) is 10.0. The van der Waals surface area contributed by atoms with Crippen LogP contribution in [0.3, 0.4) is 0 Å². The molecule has 0 heterocycles. The molecule has 46 valence electrons. The third-order valence-corrected chi connectivity index (χ3v) is 0.942. The zero-order valence-electron chi connectivity index (χ0n) is 5.15. The summed E-state index contributed by atoms with van der Waals surface area (Å²) in [5.74, 6) is 0. The van der Waals surface area contributed by atoms with Gasteiger partial charge in [0, 0.05) is 0 Å². The molecule has 0 saturated carbocycles. The molecule has 0 aliphatic rings. The lowest BCUT2D eigenvalue weighted by atomic mass is 10.2. The summed E-state index contributed by atoms with van der Waals surface area (Å²) >= 11 is 0. The minimum atomic E-state index is -0.0648. The van der Waals surface area contributed by atoms with Gasteiger partial charge in [0.2, 0.25) is 0 Å². The van der Waals surface area contributed by atoms with Crippen LogP contribution in [0.4, 0.5) is 0 Å². The van der Waals surface area contributed by atoms with E-state index in [4.69, 9.17) is 5.11 Å². The highest BCUT2D eigenvalue weighted by Gasteiger charge is 1.90. The lowest BCUT2D eigenvalue weighted by Crippen LogP contribution is -1.99. The normalized spacial score (nSPS) is 8.57. The van der Waals surface area contributed by atoms with Gasteiger partial charge in [-0.1, -0.05) is 13.8 Å². The molecular formula is C5H15NO. The first-order chi connectivity index (χ1) is 2.81. The molecule has 0 aromatic heterocycles. The fraction of sp³-hybridized carbons (Fsp3) is 1.00. The summed E-state index contributed by atoms with van der Waals surface area (Å²) in [6.45, 7) is 3.96. The quantitative estimate of drug-likeness (QED) is 0.556. The third kappa shape index (κ3) is 5.92. The van der Waals surface area contributed by atoms with Crippen LogP contribution < -0.4 is 6.15 Å². The number of hydrogen-bond donors (Lipinski definition) is 2. The van der Waals surface area contributed by atoms with E-state index < -0.39 is 0 Å². The van der Waals surface area contributed by atoms with Crippen molar-refractivity contribution in [1.29, 1.82) is 0 Å². The van der Waals surface area contributed by atoms with Crippen LogP contribution in [-0.4, -0.2) is 11.2 Å². The van der Waals surface area contributed by atoms with E-state index in [1.165, 1.54) is 0 Å². The fourth-order valence-corrected chi connectivity index (χ4v) is 0.289. The van der Waals surface area contributed by atoms with Crippen LogP contribution in [0.2, 0.25) is 0 Å². The second-order valence-corrected chi connectivity index (χ2v) is 1.47. The van der Waals surface area contributed by atoms with Crippen LogP contribution in [0.5, 0.6) is 0 Å². The zero-order valence-corrected chi connectivity index (χ0v) is 5.15. The van der Waals surface area contributed by atoms with E-state index in [2.05, 4.69) is 0 Å². The standard InChI is InChI=1S/C5H12O.H3N/c1-3-5(6)4-2;/h5-6H,3-4H2,1-2H3;1H3. The van der Waals surface area contributed by atoms with Crippen LogP contribution in [0.15, 0.2) is 0 Å². The Kier molecular flexibility index (Phi) is 8.47. The largest absolute Gasteiger partial charge is 0.393 e. The molecule has 0 aromatic rings. The minimum Gasteiger partial charge on any atom is -0.393 e. The van der Waals surface area contributed by atoms with E-state index in [9.17, 15) is 0 Å². The number of aliphatic hydroxyl groups excluding tert-OH is 1. The summed E-state index contributed by atoms with van der Waals surface area (Å²) in [6, 6.07) is 0. The zero-order chi connectivity index (χ0) is 4.99. The molecule has 0 unspecified atom stereocenters. The minimum absolute atomic E-state index is 0. The summed E-state index contributed by atoms with van der Waals surface area (Å²) < 4.78 is 0. The maximum Gasteiger partial charge on any atom is 0.0535 e. The van der Waals surface area contributed by atoms with E-state index in [0.29, 0.717) is 0 Å². The average Bonchev–Trinajstić information content (AvgIpc) is 1.65. The van der Waals surface area contributed by atoms with E-state index in [1.807, 2.05) is 13.8 Å². The molecular weight excluding hydrogens is 90.1 g/mol. The highest BCUT2D eigenvalue weighted by Crippen LogP contribution is 1.91. The van der Waals surface area contributed by atoms with E-state index in [0.717, 1.165) is 12.8 Å². The van der Waals surface area contributed by atoms with Crippen molar-refractivity contribution in [3.63, 3.8) is 0 Å². The highest BCUT2D eigenvalue weighted by molar-refractivity contribution is 4.43. The predicted octanol–water partition coefficient (Wildman–Crippen LogP) is 1.33. The van der Waals surface area contributed by atoms with Gasteiger partial charge < -0.3 is 11.3 Å². The lowest BCUT2D eigenvalue weighted by molar-refractivity contribution is 0.166. The van der Waals surface area contributed by atoms with Crippen molar-refractivity contribution in [3.05, 3.63) is 0 Å². The van der Waals surface area contributed by atoms with Gasteiger partial charge in [0.25, 0.3) is 0 Å². The van der Waals surface area contributed by atoms with Crippen molar-refractivity contribution in [2.45, 2.75) is 32.8 Å². The van der Waals surface area contributed by atoms with Crippen molar-refractivity contribution in [1.82, 2.24) is 6.15 Å². The molecule has 0 bridgehead atoms. The summed E-state index contributed by atoms with van der Waals surface area (Å²) in [5, 5.41) is 8.67. The van der Waals surface area contributed by atoms with Crippen molar-refractivity contribution in [2.75, 3.05) is 0 Å². The van der Waals surface area contributed by atoms with Crippen molar-refractivity contribution >= 4 is 0 Å². The molecule has 2 nitrogen and oxygen atoms in total. The fourth-order valence-electron chi connectivity index (χ4n) is 0.289. The Balaban J connectivity index is 0. The Morgan fingerprint density at radius 1 is 1.29 bits per heavy atom. The van der Waals surface area contributed by atoms with Gasteiger partial charge in [-0.3, -0.25) is 0 Å². The maximum atomic E-state index is 8.67. The van der Waals surface area contributed by atoms with Crippen LogP contribution in [0.1, 0.15) is 26.7 Å².